The van der Waals surface area contributed by atoms with Gasteiger partial charge in [-0.1, -0.05) is 0 Å². The van der Waals surface area contributed by atoms with Crippen molar-refractivity contribution >= 4 is 47.4 Å². The van der Waals surface area contributed by atoms with Crippen LogP contribution in [0.4, 0.5) is 14.5 Å². The Morgan fingerprint density at radius 3 is 2.55 bits per heavy atom. The fourth-order valence-corrected chi connectivity index (χ4v) is 4.17. The molecule has 2 aliphatic rings. The lowest BCUT2D eigenvalue weighted by molar-refractivity contribution is 0.0695. The summed E-state index contributed by atoms with van der Waals surface area (Å²) in [5, 5.41) is 12.4. The van der Waals surface area contributed by atoms with Crippen molar-refractivity contribution in [1.29, 1.82) is 0 Å². The van der Waals surface area contributed by atoms with Gasteiger partial charge < -0.3 is 24.6 Å². The summed E-state index contributed by atoms with van der Waals surface area (Å²) in [7, 11) is 3.07. The van der Waals surface area contributed by atoms with Gasteiger partial charge in [-0.3, -0.25) is 4.79 Å². The molecule has 1 unspecified atom stereocenters. The van der Waals surface area contributed by atoms with Crippen molar-refractivity contribution in [2.24, 2.45) is 0 Å². The topological polar surface area (TPSA) is 83.8 Å². The minimum absolute atomic E-state index is 0. The standard InChI is InChI=1S/C20H23F2N3O4.2ClH/c1-23-20(9-21)5-6-24(10-20)16-14(22)7-12-15(18(16)29-2)25(11-3-4-11)8-13(17(12)26)19(27)28;;/h7-8,11,23H,3-6,9-10H2,1-2H3,(H,27,28);2*1H. The van der Waals surface area contributed by atoms with Crippen LogP contribution in [0.1, 0.15) is 35.7 Å². The highest BCUT2D eigenvalue weighted by Gasteiger charge is 2.40. The smallest absolute Gasteiger partial charge is 0.341 e. The Morgan fingerprint density at radius 2 is 2.06 bits per heavy atom. The predicted octanol–water partition coefficient (Wildman–Crippen LogP) is 3.16. The summed E-state index contributed by atoms with van der Waals surface area (Å²) in [4.78, 5) is 26.0. The van der Waals surface area contributed by atoms with Crippen LogP contribution in [0.25, 0.3) is 10.9 Å². The average molecular weight is 480 g/mol. The molecule has 1 saturated carbocycles. The number of nitrogens with zero attached hydrogens (tertiary/aromatic N) is 2. The lowest BCUT2D eigenvalue weighted by Gasteiger charge is -2.28. The number of ether oxygens (including phenoxy) is 1. The summed E-state index contributed by atoms with van der Waals surface area (Å²) < 4.78 is 36.1. The maximum Gasteiger partial charge on any atom is 0.341 e. The van der Waals surface area contributed by atoms with Crippen LogP contribution in [0.3, 0.4) is 0 Å². The molecule has 1 aromatic heterocycles. The van der Waals surface area contributed by atoms with Gasteiger partial charge in [-0.25, -0.2) is 13.6 Å². The third kappa shape index (κ3) is 4.06. The number of anilines is 1. The molecule has 172 valence electrons. The first-order chi connectivity index (χ1) is 13.9. The number of carboxylic acid groups (broad SMARTS) is 1. The summed E-state index contributed by atoms with van der Waals surface area (Å²) in [6.45, 7) is 0.0797. The van der Waals surface area contributed by atoms with Gasteiger partial charge in [0.15, 0.2) is 11.6 Å². The summed E-state index contributed by atoms with van der Waals surface area (Å²) >= 11 is 0. The Labute approximate surface area is 190 Å². The second kappa shape index (κ2) is 9.18. The Kier molecular flexibility index (Phi) is 7.45. The van der Waals surface area contributed by atoms with Gasteiger partial charge in [-0.15, -0.1) is 24.8 Å². The number of carbonyl (C=O) groups is 1. The highest BCUT2D eigenvalue weighted by molar-refractivity contribution is 5.97. The molecule has 0 radical (unpaired) electrons. The van der Waals surface area contributed by atoms with E-state index in [-0.39, 0.29) is 54.2 Å². The molecule has 1 aliphatic heterocycles. The van der Waals surface area contributed by atoms with Crippen molar-refractivity contribution < 1.29 is 23.4 Å². The van der Waals surface area contributed by atoms with E-state index in [2.05, 4.69) is 5.32 Å². The summed E-state index contributed by atoms with van der Waals surface area (Å²) in [6, 6.07) is 1.11. The second-order valence-electron chi connectivity index (χ2n) is 7.79. The number of rotatable bonds is 6. The van der Waals surface area contributed by atoms with Crippen molar-refractivity contribution in [2.75, 3.05) is 38.8 Å². The third-order valence-electron chi connectivity index (χ3n) is 6.03. The zero-order valence-corrected chi connectivity index (χ0v) is 18.7. The molecule has 0 spiro atoms. The number of nitrogens with one attached hydrogen (secondary N) is 1. The Hall–Kier alpha value is -2.10. The molecule has 1 atom stereocenters. The van der Waals surface area contributed by atoms with Gasteiger partial charge in [0.25, 0.3) is 0 Å². The molecule has 0 amide bonds. The maximum atomic E-state index is 15.2. The van der Waals surface area contributed by atoms with Crippen LogP contribution in [0.5, 0.6) is 5.75 Å². The van der Waals surface area contributed by atoms with E-state index in [0.717, 1.165) is 18.9 Å². The molecular formula is C20H25Cl2F2N3O4. The molecule has 1 saturated heterocycles. The monoisotopic (exact) mass is 479 g/mol. The van der Waals surface area contributed by atoms with Crippen LogP contribution in [0.2, 0.25) is 0 Å². The normalized spacial score (nSPS) is 20.3. The number of fused-ring (bicyclic) bond motifs is 1. The zero-order valence-electron chi connectivity index (χ0n) is 17.1. The van der Waals surface area contributed by atoms with Gasteiger partial charge in [0.2, 0.25) is 5.43 Å². The van der Waals surface area contributed by atoms with E-state index >= 15 is 4.39 Å². The van der Waals surface area contributed by atoms with Gasteiger partial charge in [-0.2, -0.15) is 0 Å². The zero-order chi connectivity index (χ0) is 20.9. The molecule has 0 bridgehead atoms. The van der Waals surface area contributed by atoms with Crippen LogP contribution in [0.15, 0.2) is 17.1 Å². The van der Waals surface area contributed by atoms with Crippen molar-refractivity contribution in [1.82, 2.24) is 9.88 Å². The molecule has 1 aliphatic carbocycles. The van der Waals surface area contributed by atoms with E-state index in [1.54, 1.807) is 16.5 Å². The Bertz CT molecular complexity index is 1060. The van der Waals surface area contributed by atoms with Crippen LogP contribution in [-0.2, 0) is 0 Å². The van der Waals surface area contributed by atoms with E-state index in [4.69, 9.17) is 4.74 Å². The number of aromatic carboxylic acids is 1. The first-order valence-corrected chi connectivity index (χ1v) is 9.54. The molecule has 2 N–H and O–H groups in total. The minimum atomic E-state index is -1.35. The highest BCUT2D eigenvalue weighted by atomic mass is 35.5. The molecule has 2 aromatic rings. The Morgan fingerprint density at radius 1 is 1.39 bits per heavy atom. The number of aromatic nitrogens is 1. The molecule has 4 rings (SSSR count). The number of methoxy groups -OCH3 is 1. The average Bonchev–Trinajstić information content (AvgIpc) is 3.46. The van der Waals surface area contributed by atoms with Crippen LogP contribution in [0, 0.1) is 5.82 Å². The fraction of sp³-hybridized carbons (Fsp3) is 0.500. The van der Waals surface area contributed by atoms with Gasteiger partial charge in [-0.05, 0) is 32.4 Å². The molecular weight excluding hydrogens is 455 g/mol. The van der Waals surface area contributed by atoms with E-state index in [1.807, 2.05) is 0 Å². The lowest BCUT2D eigenvalue weighted by Crippen LogP contribution is -2.47. The molecule has 31 heavy (non-hydrogen) atoms. The van der Waals surface area contributed by atoms with Crippen molar-refractivity contribution in [2.45, 2.75) is 30.8 Å². The first kappa shape index (κ1) is 25.2. The van der Waals surface area contributed by atoms with Gasteiger partial charge in [0.05, 0.1) is 23.6 Å². The lowest BCUT2D eigenvalue weighted by atomic mass is 10.0. The second-order valence-corrected chi connectivity index (χ2v) is 7.79. The number of pyridine rings is 1. The number of carboxylic acids is 1. The van der Waals surface area contributed by atoms with E-state index < -0.39 is 35.0 Å². The Balaban J connectivity index is 0.00000171. The van der Waals surface area contributed by atoms with Crippen molar-refractivity contribution in [3.05, 3.63) is 33.9 Å². The van der Waals surface area contributed by atoms with Gasteiger partial charge in [0, 0.05) is 25.3 Å². The van der Waals surface area contributed by atoms with Crippen LogP contribution < -0.4 is 20.4 Å². The highest BCUT2D eigenvalue weighted by Crippen LogP contribution is 2.44. The third-order valence-corrected chi connectivity index (χ3v) is 6.03. The largest absolute Gasteiger partial charge is 0.492 e. The molecule has 7 nitrogen and oxygen atoms in total. The fourth-order valence-electron chi connectivity index (χ4n) is 4.17. The van der Waals surface area contributed by atoms with E-state index in [9.17, 15) is 19.1 Å². The first-order valence-electron chi connectivity index (χ1n) is 9.54. The molecule has 1 aromatic carbocycles. The number of likely N-dealkylation sites (N-methyl/N-ethyl adjacent to an activating group) is 1. The number of hydrogen-bond acceptors (Lipinski definition) is 5. The van der Waals surface area contributed by atoms with E-state index in [1.165, 1.54) is 13.3 Å². The van der Waals surface area contributed by atoms with Gasteiger partial charge in [0.1, 0.15) is 17.9 Å². The van der Waals surface area contributed by atoms with Crippen LogP contribution in [-0.4, -0.2) is 55.1 Å². The minimum Gasteiger partial charge on any atom is -0.492 e. The summed E-state index contributed by atoms with van der Waals surface area (Å²) in [5.41, 5.74) is -1.37. The molecule has 11 heteroatoms. The molecule has 2 heterocycles. The number of alkyl halides is 1. The van der Waals surface area contributed by atoms with Crippen molar-refractivity contribution in [3.63, 3.8) is 0 Å². The predicted molar refractivity (Wildman–Crippen MR) is 119 cm³/mol. The van der Waals surface area contributed by atoms with Gasteiger partial charge >= 0.3 is 5.97 Å². The van der Waals surface area contributed by atoms with E-state index in [0.29, 0.717) is 18.5 Å². The SMILES string of the molecule is CNC1(CF)CCN(c2c(F)cc3c(=O)c(C(=O)O)cn(C4CC4)c3c2OC)C1.Cl.Cl. The summed E-state index contributed by atoms with van der Waals surface area (Å²) in [6.07, 6.45) is 3.48. The maximum absolute atomic E-state index is 15.2. The summed E-state index contributed by atoms with van der Waals surface area (Å²) in [5.74, 6) is -1.87. The number of benzene rings is 1. The number of hydrogen-bond donors (Lipinski definition) is 2. The number of halogens is 4. The van der Waals surface area contributed by atoms with Crippen LogP contribution >= 0.6 is 24.8 Å². The molecule has 2 fully saturated rings. The quantitative estimate of drug-likeness (QED) is 0.661. The van der Waals surface area contributed by atoms with Crippen molar-refractivity contribution in [3.8, 4) is 5.75 Å².